The van der Waals surface area contributed by atoms with E-state index in [0.717, 1.165) is 12.1 Å². The van der Waals surface area contributed by atoms with Gasteiger partial charge in [-0.25, -0.2) is 4.39 Å². The van der Waals surface area contributed by atoms with Crippen LogP contribution in [0.15, 0.2) is 42.6 Å². The molecule has 3 nitrogen and oxygen atoms in total. The van der Waals surface area contributed by atoms with Crippen molar-refractivity contribution in [3.8, 4) is 5.75 Å². The molecule has 0 spiro atoms. The Morgan fingerprint density at radius 1 is 1.26 bits per heavy atom. The number of hydrogen-bond donors (Lipinski definition) is 1. The average molecular weight is 262 g/mol. The molecule has 2 rings (SSSR count). The van der Waals surface area contributed by atoms with E-state index >= 15 is 0 Å². The summed E-state index contributed by atoms with van der Waals surface area (Å²) in [4.78, 5) is 0. The van der Waals surface area contributed by atoms with E-state index in [-0.39, 0.29) is 11.7 Å². The molecule has 0 bridgehead atoms. The molecule has 0 radical (unpaired) electrons. The fourth-order valence-electron chi connectivity index (χ4n) is 2.17. The van der Waals surface area contributed by atoms with Crippen LogP contribution in [0.1, 0.15) is 18.0 Å². The third kappa shape index (κ3) is 3.35. The Bertz CT molecular complexity index is 524. The second kappa shape index (κ2) is 6.38. The van der Waals surface area contributed by atoms with Gasteiger partial charge < -0.3 is 15.0 Å². The number of aromatic nitrogens is 1. The number of benzene rings is 1. The maximum Gasteiger partial charge on any atom is 0.165 e. The second-order valence-electron chi connectivity index (χ2n) is 4.56. The molecular formula is C15H19FN2O. The van der Waals surface area contributed by atoms with Crippen LogP contribution >= 0.6 is 0 Å². The lowest BCUT2D eigenvalue weighted by Gasteiger charge is -2.18. The number of hydrogen-bond acceptors (Lipinski definition) is 2. The van der Waals surface area contributed by atoms with Crippen LogP contribution in [0, 0.1) is 5.82 Å². The van der Waals surface area contributed by atoms with Gasteiger partial charge in [-0.2, -0.15) is 0 Å². The maximum absolute atomic E-state index is 13.5. The quantitative estimate of drug-likeness (QED) is 0.869. The van der Waals surface area contributed by atoms with Crippen molar-refractivity contribution >= 4 is 0 Å². The third-order valence-corrected chi connectivity index (χ3v) is 3.19. The third-order valence-electron chi connectivity index (χ3n) is 3.19. The summed E-state index contributed by atoms with van der Waals surface area (Å²) in [7, 11) is 1.99. The van der Waals surface area contributed by atoms with Gasteiger partial charge in [0.05, 0.1) is 6.61 Å². The Hall–Kier alpha value is -1.81. The normalized spacial score (nSPS) is 12.4. The van der Waals surface area contributed by atoms with Crippen LogP contribution in [0.25, 0.3) is 0 Å². The molecule has 0 amide bonds. The summed E-state index contributed by atoms with van der Waals surface area (Å²) < 4.78 is 21.1. The first kappa shape index (κ1) is 13.6. The van der Waals surface area contributed by atoms with Gasteiger partial charge in [0.25, 0.3) is 0 Å². The Morgan fingerprint density at radius 3 is 2.68 bits per heavy atom. The molecule has 0 saturated heterocycles. The average Bonchev–Trinajstić information content (AvgIpc) is 2.82. The first-order chi connectivity index (χ1) is 9.22. The number of para-hydroxylation sites is 1. The number of rotatable bonds is 6. The van der Waals surface area contributed by atoms with Crippen molar-refractivity contribution < 1.29 is 9.13 Å². The zero-order valence-electron chi connectivity index (χ0n) is 11.1. The second-order valence-corrected chi connectivity index (χ2v) is 4.56. The van der Waals surface area contributed by atoms with Crippen molar-refractivity contribution in [3.63, 3.8) is 0 Å². The molecule has 0 aliphatic heterocycles. The van der Waals surface area contributed by atoms with E-state index in [0.29, 0.717) is 18.9 Å². The van der Waals surface area contributed by atoms with Crippen LogP contribution in [0.3, 0.4) is 0 Å². The number of nitrogens with zero attached hydrogens (tertiary/aromatic N) is 1. The minimum atomic E-state index is -0.333. The molecule has 1 atom stereocenters. The van der Waals surface area contributed by atoms with Gasteiger partial charge in [-0.1, -0.05) is 12.1 Å². The topological polar surface area (TPSA) is 40.2 Å². The molecule has 0 fully saturated rings. The number of nitrogens with two attached hydrogens (primary N) is 1. The monoisotopic (exact) mass is 262 g/mol. The highest BCUT2D eigenvalue weighted by molar-refractivity contribution is 5.24. The molecular weight excluding hydrogens is 243 g/mol. The highest BCUT2D eigenvalue weighted by Crippen LogP contribution is 2.22. The van der Waals surface area contributed by atoms with Gasteiger partial charge in [-0.15, -0.1) is 0 Å². The smallest absolute Gasteiger partial charge is 0.165 e. The van der Waals surface area contributed by atoms with Gasteiger partial charge in [-0.3, -0.25) is 0 Å². The highest BCUT2D eigenvalue weighted by atomic mass is 19.1. The molecule has 4 heteroatoms. The van der Waals surface area contributed by atoms with Gasteiger partial charge in [0.1, 0.15) is 0 Å². The molecule has 1 aromatic carbocycles. The van der Waals surface area contributed by atoms with Crippen LogP contribution in [-0.4, -0.2) is 17.7 Å². The molecule has 2 aromatic rings. The van der Waals surface area contributed by atoms with E-state index in [1.54, 1.807) is 18.2 Å². The number of aryl methyl sites for hydroxylation is 1. The van der Waals surface area contributed by atoms with E-state index in [1.165, 1.54) is 6.07 Å². The van der Waals surface area contributed by atoms with Crippen molar-refractivity contribution in [1.29, 1.82) is 0 Å². The summed E-state index contributed by atoms with van der Waals surface area (Å²) in [6.07, 6.45) is 2.80. The Kier molecular flexibility index (Phi) is 4.58. The SMILES string of the molecule is Cn1cccc1C(CCN)COc1ccccc1F. The van der Waals surface area contributed by atoms with Gasteiger partial charge >= 0.3 is 0 Å². The summed E-state index contributed by atoms with van der Waals surface area (Å²) in [6, 6.07) is 10.5. The van der Waals surface area contributed by atoms with E-state index in [4.69, 9.17) is 10.5 Å². The summed E-state index contributed by atoms with van der Waals surface area (Å²) in [6.45, 7) is 1.01. The Morgan fingerprint density at radius 2 is 2.05 bits per heavy atom. The van der Waals surface area contributed by atoms with Crippen LogP contribution in [0.2, 0.25) is 0 Å². The lowest BCUT2D eigenvalue weighted by atomic mass is 10.0. The van der Waals surface area contributed by atoms with Crippen LogP contribution < -0.4 is 10.5 Å². The summed E-state index contributed by atoms with van der Waals surface area (Å²) in [5.74, 6) is 0.129. The molecule has 0 saturated carbocycles. The zero-order chi connectivity index (χ0) is 13.7. The summed E-state index contributed by atoms with van der Waals surface area (Å²) >= 11 is 0. The van der Waals surface area contributed by atoms with Crippen molar-refractivity contribution in [2.24, 2.45) is 12.8 Å². The predicted molar refractivity (Wildman–Crippen MR) is 73.7 cm³/mol. The van der Waals surface area contributed by atoms with Crippen LogP contribution in [-0.2, 0) is 7.05 Å². The lowest BCUT2D eigenvalue weighted by molar-refractivity contribution is 0.266. The first-order valence-electron chi connectivity index (χ1n) is 6.41. The van der Waals surface area contributed by atoms with Crippen LogP contribution in [0.5, 0.6) is 5.75 Å². The molecule has 2 N–H and O–H groups in total. The van der Waals surface area contributed by atoms with Crippen molar-refractivity contribution in [2.45, 2.75) is 12.3 Å². The summed E-state index contributed by atoms with van der Waals surface area (Å²) in [5, 5.41) is 0. The number of halogens is 1. The van der Waals surface area contributed by atoms with Crippen molar-refractivity contribution in [2.75, 3.05) is 13.2 Å². The fourth-order valence-corrected chi connectivity index (χ4v) is 2.17. The Labute approximate surface area is 112 Å². The highest BCUT2D eigenvalue weighted by Gasteiger charge is 2.15. The fraction of sp³-hybridized carbons (Fsp3) is 0.333. The standard InChI is InChI=1S/C15H19FN2O/c1-18-10-4-6-14(18)12(8-9-17)11-19-15-7-3-2-5-13(15)16/h2-7,10,12H,8-9,11,17H2,1H3. The largest absolute Gasteiger partial charge is 0.490 e. The minimum absolute atomic E-state index is 0.171. The molecule has 1 heterocycles. The van der Waals surface area contributed by atoms with E-state index in [9.17, 15) is 4.39 Å². The van der Waals surface area contributed by atoms with Crippen molar-refractivity contribution in [3.05, 3.63) is 54.1 Å². The predicted octanol–water partition coefficient (Wildman–Crippen LogP) is 2.68. The molecule has 0 aliphatic carbocycles. The van der Waals surface area contributed by atoms with E-state index in [1.807, 2.05) is 29.9 Å². The lowest BCUT2D eigenvalue weighted by Crippen LogP contribution is -2.17. The van der Waals surface area contributed by atoms with Gasteiger partial charge in [0, 0.05) is 24.9 Å². The van der Waals surface area contributed by atoms with Gasteiger partial charge in [-0.05, 0) is 37.2 Å². The molecule has 1 unspecified atom stereocenters. The molecule has 0 aliphatic rings. The van der Waals surface area contributed by atoms with Gasteiger partial charge in [0.15, 0.2) is 11.6 Å². The molecule has 1 aromatic heterocycles. The van der Waals surface area contributed by atoms with Crippen LogP contribution in [0.4, 0.5) is 4.39 Å². The van der Waals surface area contributed by atoms with Crippen molar-refractivity contribution in [1.82, 2.24) is 4.57 Å². The Balaban J connectivity index is 2.06. The van der Waals surface area contributed by atoms with E-state index in [2.05, 4.69) is 0 Å². The summed E-state index contributed by atoms with van der Waals surface area (Å²) in [5.41, 5.74) is 6.80. The molecule has 102 valence electrons. The maximum atomic E-state index is 13.5. The van der Waals surface area contributed by atoms with Gasteiger partial charge in [0.2, 0.25) is 0 Å². The zero-order valence-corrected chi connectivity index (χ0v) is 11.1. The number of ether oxygens (including phenoxy) is 1. The minimum Gasteiger partial charge on any atom is -0.490 e. The first-order valence-corrected chi connectivity index (χ1v) is 6.41. The molecule has 19 heavy (non-hydrogen) atoms. The van der Waals surface area contributed by atoms with E-state index < -0.39 is 0 Å².